The number of nitrogens with one attached hydrogen (secondary N) is 1. The molecule has 0 aliphatic carbocycles. The van der Waals surface area contributed by atoms with Gasteiger partial charge in [0, 0.05) is 13.1 Å². The molecule has 3 heteroatoms. The van der Waals surface area contributed by atoms with Gasteiger partial charge in [0.05, 0.1) is 5.41 Å². The first-order valence-corrected chi connectivity index (χ1v) is 8.05. The second-order valence-electron chi connectivity index (χ2n) is 6.62. The van der Waals surface area contributed by atoms with Crippen LogP contribution in [0.3, 0.4) is 0 Å². The molecule has 0 atom stereocenters. The van der Waals surface area contributed by atoms with E-state index in [0.717, 1.165) is 44.0 Å². The van der Waals surface area contributed by atoms with Gasteiger partial charge in [0.2, 0.25) is 5.91 Å². The van der Waals surface area contributed by atoms with E-state index in [1.165, 1.54) is 6.42 Å². The molecule has 1 aliphatic heterocycles. The Morgan fingerprint density at radius 1 is 1.24 bits per heavy atom. The maximum Gasteiger partial charge on any atom is 0.232 e. The largest absolute Gasteiger partial charge is 0.342 e. The van der Waals surface area contributed by atoms with Crippen molar-refractivity contribution in [2.75, 3.05) is 26.7 Å². The van der Waals surface area contributed by atoms with Crippen LogP contribution in [0.4, 0.5) is 0 Å². The fourth-order valence-corrected chi connectivity index (χ4v) is 3.15. The molecule has 3 nitrogen and oxygen atoms in total. The third kappa shape index (κ3) is 3.85. The molecule has 1 amide bonds. The van der Waals surface area contributed by atoms with Crippen molar-refractivity contribution in [3.8, 4) is 0 Å². The molecule has 0 bridgehead atoms. The molecule has 0 unspecified atom stereocenters. The Labute approximate surface area is 128 Å². The lowest BCUT2D eigenvalue weighted by Gasteiger charge is -2.37. The van der Waals surface area contributed by atoms with Gasteiger partial charge in [-0.2, -0.15) is 0 Å². The van der Waals surface area contributed by atoms with E-state index in [4.69, 9.17) is 0 Å². The first kappa shape index (κ1) is 16.0. The monoisotopic (exact) mass is 288 g/mol. The van der Waals surface area contributed by atoms with Crippen LogP contribution in [-0.4, -0.2) is 37.5 Å². The summed E-state index contributed by atoms with van der Waals surface area (Å²) in [5.41, 5.74) is 0.673. The van der Waals surface area contributed by atoms with E-state index in [2.05, 4.69) is 22.3 Å². The lowest BCUT2D eigenvalue weighted by atomic mass is 9.82. The van der Waals surface area contributed by atoms with Crippen molar-refractivity contribution in [3.63, 3.8) is 0 Å². The Bertz CT molecular complexity index is 448. The number of hydrogen-bond donors (Lipinski definition) is 1. The minimum absolute atomic E-state index is 0.265. The molecular weight excluding hydrogens is 260 g/mol. The topological polar surface area (TPSA) is 32.3 Å². The number of nitrogens with zero attached hydrogens (tertiary/aromatic N) is 1. The maximum absolute atomic E-state index is 12.9. The van der Waals surface area contributed by atoms with E-state index >= 15 is 0 Å². The number of carbonyl (C=O) groups excluding carboxylic acids is 1. The molecule has 1 fully saturated rings. The predicted molar refractivity (Wildman–Crippen MR) is 87.3 cm³/mol. The molecule has 1 saturated heterocycles. The zero-order valence-electron chi connectivity index (χ0n) is 13.6. The zero-order valence-corrected chi connectivity index (χ0v) is 13.6. The SMILES string of the molecule is CNCCC1CCN(C(=O)C(C)(C)c2ccccc2)CC1. The summed E-state index contributed by atoms with van der Waals surface area (Å²) >= 11 is 0. The van der Waals surface area contributed by atoms with Crippen LogP contribution >= 0.6 is 0 Å². The Balaban J connectivity index is 1.95. The quantitative estimate of drug-likeness (QED) is 0.903. The highest BCUT2D eigenvalue weighted by Crippen LogP contribution is 2.28. The van der Waals surface area contributed by atoms with Gasteiger partial charge < -0.3 is 10.2 Å². The Morgan fingerprint density at radius 2 is 1.86 bits per heavy atom. The number of piperidine rings is 1. The molecule has 0 saturated carbocycles. The van der Waals surface area contributed by atoms with Crippen LogP contribution < -0.4 is 5.32 Å². The number of rotatable bonds is 5. The molecule has 1 aliphatic rings. The molecular formula is C18H28N2O. The van der Waals surface area contributed by atoms with Crippen LogP contribution in [0.5, 0.6) is 0 Å². The molecule has 21 heavy (non-hydrogen) atoms. The summed E-state index contributed by atoms with van der Waals surface area (Å²) in [6, 6.07) is 10.1. The smallest absolute Gasteiger partial charge is 0.232 e. The van der Waals surface area contributed by atoms with Crippen LogP contribution in [0.15, 0.2) is 30.3 Å². The van der Waals surface area contributed by atoms with E-state index in [1.54, 1.807) is 0 Å². The number of carbonyl (C=O) groups is 1. The van der Waals surface area contributed by atoms with Gasteiger partial charge >= 0.3 is 0 Å². The average Bonchev–Trinajstić information content (AvgIpc) is 2.53. The highest BCUT2D eigenvalue weighted by molar-refractivity contribution is 5.87. The fraction of sp³-hybridized carbons (Fsp3) is 0.611. The van der Waals surface area contributed by atoms with Gasteiger partial charge in [-0.05, 0) is 58.2 Å². The lowest BCUT2D eigenvalue weighted by molar-refractivity contribution is -0.137. The van der Waals surface area contributed by atoms with Crippen molar-refractivity contribution in [3.05, 3.63) is 35.9 Å². The summed E-state index contributed by atoms with van der Waals surface area (Å²) < 4.78 is 0. The van der Waals surface area contributed by atoms with Crippen LogP contribution in [0, 0.1) is 5.92 Å². The first-order chi connectivity index (χ1) is 10.1. The number of benzene rings is 1. The van der Waals surface area contributed by atoms with Gasteiger partial charge in [-0.1, -0.05) is 30.3 Å². The van der Waals surface area contributed by atoms with Gasteiger partial charge in [-0.25, -0.2) is 0 Å². The van der Waals surface area contributed by atoms with Gasteiger partial charge in [-0.3, -0.25) is 4.79 Å². The average molecular weight is 288 g/mol. The van der Waals surface area contributed by atoms with Crippen molar-refractivity contribution in [2.45, 2.75) is 38.5 Å². The second-order valence-corrected chi connectivity index (χ2v) is 6.62. The van der Waals surface area contributed by atoms with Crippen molar-refractivity contribution in [1.82, 2.24) is 10.2 Å². The van der Waals surface area contributed by atoms with Crippen LogP contribution in [0.2, 0.25) is 0 Å². The van der Waals surface area contributed by atoms with Crippen molar-refractivity contribution in [1.29, 1.82) is 0 Å². The number of likely N-dealkylation sites (tertiary alicyclic amines) is 1. The summed E-state index contributed by atoms with van der Waals surface area (Å²) in [6.45, 7) is 6.97. The third-order valence-electron chi connectivity index (χ3n) is 4.73. The highest BCUT2D eigenvalue weighted by Gasteiger charge is 2.35. The van der Waals surface area contributed by atoms with Gasteiger partial charge in [0.25, 0.3) is 0 Å². The normalized spacial score (nSPS) is 17.0. The third-order valence-corrected chi connectivity index (χ3v) is 4.73. The Kier molecular flexibility index (Phi) is 5.40. The molecule has 1 heterocycles. The lowest BCUT2D eigenvalue weighted by Crippen LogP contribution is -2.47. The Morgan fingerprint density at radius 3 is 2.43 bits per heavy atom. The minimum Gasteiger partial charge on any atom is -0.342 e. The molecule has 2 rings (SSSR count). The summed E-state index contributed by atoms with van der Waals surface area (Å²) in [7, 11) is 2.00. The molecule has 1 aromatic rings. The minimum atomic E-state index is -0.431. The van der Waals surface area contributed by atoms with Crippen LogP contribution in [0.25, 0.3) is 0 Å². The van der Waals surface area contributed by atoms with Crippen molar-refractivity contribution >= 4 is 5.91 Å². The van der Waals surface area contributed by atoms with E-state index in [-0.39, 0.29) is 5.91 Å². The van der Waals surface area contributed by atoms with E-state index in [0.29, 0.717) is 0 Å². The molecule has 1 N–H and O–H groups in total. The van der Waals surface area contributed by atoms with E-state index in [1.807, 2.05) is 39.1 Å². The molecule has 1 aromatic carbocycles. The van der Waals surface area contributed by atoms with Gasteiger partial charge in [0.15, 0.2) is 0 Å². The summed E-state index contributed by atoms with van der Waals surface area (Å²) in [5.74, 6) is 1.03. The Hall–Kier alpha value is -1.35. The molecule has 0 aromatic heterocycles. The summed E-state index contributed by atoms with van der Waals surface area (Å²) in [4.78, 5) is 14.9. The predicted octanol–water partition coefficient (Wildman–Crippen LogP) is 2.81. The fourth-order valence-electron chi connectivity index (χ4n) is 3.15. The van der Waals surface area contributed by atoms with Crippen molar-refractivity contribution in [2.24, 2.45) is 5.92 Å². The highest BCUT2D eigenvalue weighted by atomic mass is 16.2. The standard InChI is InChI=1S/C18H28N2O/c1-18(2,16-7-5-4-6-8-16)17(21)20-13-10-15(11-14-20)9-12-19-3/h4-8,15,19H,9-14H2,1-3H3. The van der Waals surface area contributed by atoms with Crippen LogP contribution in [0.1, 0.15) is 38.7 Å². The van der Waals surface area contributed by atoms with Crippen LogP contribution in [-0.2, 0) is 10.2 Å². The summed E-state index contributed by atoms with van der Waals surface area (Å²) in [6.07, 6.45) is 3.50. The van der Waals surface area contributed by atoms with E-state index < -0.39 is 5.41 Å². The number of amides is 1. The first-order valence-electron chi connectivity index (χ1n) is 8.05. The second kappa shape index (κ2) is 7.08. The molecule has 116 valence electrons. The van der Waals surface area contributed by atoms with E-state index in [9.17, 15) is 4.79 Å². The van der Waals surface area contributed by atoms with Crippen molar-refractivity contribution < 1.29 is 4.79 Å². The maximum atomic E-state index is 12.9. The summed E-state index contributed by atoms with van der Waals surface area (Å²) in [5, 5.41) is 3.21. The van der Waals surface area contributed by atoms with Gasteiger partial charge in [-0.15, -0.1) is 0 Å². The zero-order chi connectivity index (χ0) is 15.3. The number of hydrogen-bond acceptors (Lipinski definition) is 2. The molecule has 0 radical (unpaired) electrons. The molecule has 0 spiro atoms. The van der Waals surface area contributed by atoms with Gasteiger partial charge in [0.1, 0.15) is 0 Å².